The number of rotatable bonds is 5. The van der Waals surface area contributed by atoms with Gasteiger partial charge in [0.2, 0.25) is 11.8 Å². The number of carbonyl (C=O) groups excluding carboxylic acids is 1. The van der Waals surface area contributed by atoms with Gasteiger partial charge in [-0.3, -0.25) is 4.79 Å². The number of halogens is 5. The lowest BCUT2D eigenvalue weighted by molar-refractivity contribution is -0.183. The summed E-state index contributed by atoms with van der Waals surface area (Å²) >= 11 is 0. The summed E-state index contributed by atoms with van der Waals surface area (Å²) in [5.41, 5.74) is 7.78. The molecule has 2 aliphatic heterocycles. The van der Waals surface area contributed by atoms with E-state index in [-0.39, 0.29) is 37.4 Å². The second-order valence-corrected chi connectivity index (χ2v) is 10.6. The van der Waals surface area contributed by atoms with Crippen molar-refractivity contribution in [1.82, 2.24) is 24.9 Å². The molecule has 8 nitrogen and oxygen atoms in total. The van der Waals surface area contributed by atoms with E-state index >= 15 is 0 Å². The normalized spacial score (nSPS) is 28.3. The average Bonchev–Trinajstić information content (AvgIpc) is 3.26. The largest absolute Gasteiger partial charge is 0.393 e. The maximum absolute atomic E-state index is 14.0. The number of imidazole rings is 1. The molecule has 1 amide bonds. The molecule has 3 N–H and O–H groups in total. The highest BCUT2D eigenvalue weighted by Crippen LogP contribution is 2.41. The van der Waals surface area contributed by atoms with Crippen molar-refractivity contribution in [3.05, 3.63) is 23.3 Å². The number of ether oxygens (including phenoxy) is 1. The molecule has 2 saturated heterocycles. The Hall–Kier alpha value is -2.41. The Labute approximate surface area is 210 Å². The van der Waals surface area contributed by atoms with Crippen LogP contribution in [0.5, 0.6) is 0 Å². The standard InChI is InChI=1S/C24H31F5N6O2/c25-23(26)5-1-2-14(10-23)19(30)18-12-35-22(32-18)33-20(13-3-6-37-7-4-13)17(34-35)9-15-8-16(24(27,28)29)11-31-21(15)36/h12-16,19H,1-11,30H2,(H,31,36)/t14-,15+,16+,19-/m0/s1. The fraction of sp³-hybridized carbons (Fsp3) is 0.750. The number of nitrogens with zero attached hydrogens (tertiary/aromatic N) is 4. The first-order valence-corrected chi connectivity index (χ1v) is 12.8. The molecule has 2 aromatic heterocycles. The highest BCUT2D eigenvalue weighted by Gasteiger charge is 2.45. The third kappa shape index (κ3) is 5.71. The molecule has 5 rings (SSSR count). The summed E-state index contributed by atoms with van der Waals surface area (Å²) in [5, 5.41) is 7.01. The van der Waals surface area contributed by atoms with Crippen LogP contribution in [0.1, 0.15) is 74.0 Å². The predicted molar refractivity (Wildman–Crippen MR) is 122 cm³/mol. The Kier molecular flexibility index (Phi) is 7.12. The van der Waals surface area contributed by atoms with Crippen LogP contribution in [0.3, 0.4) is 0 Å². The van der Waals surface area contributed by atoms with E-state index in [0.29, 0.717) is 56.0 Å². The van der Waals surface area contributed by atoms with Crippen LogP contribution < -0.4 is 11.1 Å². The van der Waals surface area contributed by atoms with Gasteiger partial charge in [0.25, 0.3) is 5.78 Å². The quantitative estimate of drug-likeness (QED) is 0.571. The van der Waals surface area contributed by atoms with E-state index in [9.17, 15) is 26.7 Å². The molecule has 0 unspecified atom stereocenters. The minimum absolute atomic E-state index is 0.00244. The van der Waals surface area contributed by atoms with Gasteiger partial charge in [-0.05, 0) is 38.0 Å². The number of piperidine rings is 1. The van der Waals surface area contributed by atoms with Crippen molar-refractivity contribution in [2.45, 2.75) is 75.4 Å². The molecule has 0 spiro atoms. The van der Waals surface area contributed by atoms with Gasteiger partial charge >= 0.3 is 6.18 Å². The lowest BCUT2D eigenvalue weighted by Gasteiger charge is -2.31. The average molecular weight is 531 g/mol. The fourth-order valence-electron chi connectivity index (χ4n) is 5.81. The molecule has 0 radical (unpaired) electrons. The van der Waals surface area contributed by atoms with Crippen LogP contribution >= 0.6 is 0 Å². The molecular weight excluding hydrogens is 499 g/mol. The monoisotopic (exact) mass is 530 g/mol. The van der Waals surface area contributed by atoms with Crippen LogP contribution in [0, 0.1) is 17.8 Å². The number of carbonyl (C=O) groups is 1. The molecule has 3 fully saturated rings. The van der Waals surface area contributed by atoms with E-state index in [2.05, 4.69) is 15.4 Å². The lowest BCUT2D eigenvalue weighted by Crippen LogP contribution is -2.47. The predicted octanol–water partition coefficient (Wildman–Crippen LogP) is 3.70. The first kappa shape index (κ1) is 26.2. The summed E-state index contributed by atoms with van der Waals surface area (Å²) < 4.78 is 74.9. The minimum Gasteiger partial charge on any atom is -0.381 e. The third-order valence-electron chi connectivity index (χ3n) is 7.93. The highest BCUT2D eigenvalue weighted by atomic mass is 19.4. The van der Waals surface area contributed by atoms with E-state index in [1.807, 2.05) is 0 Å². The summed E-state index contributed by atoms with van der Waals surface area (Å²) in [5.74, 6) is -5.95. The van der Waals surface area contributed by atoms with Crippen molar-refractivity contribution >= 4 is 11.7 Å². The maximum atomic E-state index is 14.0. The number of nitrogens with two attached hydrogens (primary N) is 1. The molecule has 4 atom stereocenters. The van der Waals surface area contributed by atoms with Gasteiger partial charge in [0.15, 0.2) is 0 Å². The number of fused-ring (bicyclic) bond motifs is 1. The van der Waals surface area contributed by atoms with Crippen molar-refractivity contribution in [2.75, 3.05) is 19.8 Å². The van der Waals surface area contributed by atoms with Crippen LogP contribution in [-0.4, -0.2) is 57.3 Å². The molecule has 0 bridgehead atoms. The van der Waals surface area contributed by atoms with Crippen molar-refractivity contribution in [3.63, 3.8) is 0 Å². The number of aromatic nitrogens is 4. The number of amides is 1. The van der Waals surface area contributed by atoms with Crippen LogP contribution in [0.25, 0.3) is 5.78 Å². The summed E-state index contributed by atoms with van der Waals surface area (Å²) in [6, 6.07) is -0.721. The number of alkyl halides is 5. The van der Waals surface area contributed by atoms with E-state index in [1.165, 1.54) is 4.52 Å². The van der Waals surface area contributed by atoms with Crippen LogP contribution in [-0.2, 0) is 16.0 Å². The van der Waals surface area contributed by atoms with E-state index in [0.717, 1.165) is 0 Å². The first-order valence-electron chi connectivity index (χ1n) is 12.8. The molecular formula is C24H31F5N6O2. The Balaban J connectivity index is 1.46. The van der Waals surface area contributed by atoms with Crippen LogP contribution in [0.15, 0.2) is 6.20 Å². The van der Waals surface area contributed by atoms with Crippen molar-refractivity contribution in [1.29, 1.82) is 0 Å². The number of hydrogen-bond donors (Lipinski definition) is 2. The third-order valence-corrected chi connectivity index (χ3v) is 7.93. The van der Waals surface area contributed by atoms with Gasteiger partial charge in [-0.25, -0.2) is 23.3 Å². The van der Waals surface area contributed by atoms with Crippen molar-refractivity contribution in [3.8, 4) is 0 Å². The zero-order valence-electron chi connectivity index (χ0n) is 20.3. The first-order chi connectivity index (χ1) is 17.5. The summed E-state index contributed by atoms with van der Waals surface area (Å²) in [7, 11) is 0. The molecule has 204 valence electrons. The molecule has 1 aliphatic carbocycles. The Morgan fingerprint density at radius 3 is 2.68 bits per heavy atom. The summed E-state index contributed by atoms with van der Waals surface area (Å²) in [6.07, 6.45) is -1.36. The van der Waals surface area contributed by atoms with Gasteiger partial charge in [-0.1, -0.05) is 0 Å². The molecule has 3 aliphatic rings. The van der Waals surface area contributed by atoms with Crippen LogP contribution in [0.2, 0.25) is 0 Å². The fourth-order valence-corrected chi connectivity index (χ4v) is 5.81. The molecule has 13 heteroatoms. The SMILES string of the molecule is N[C@H](c1cn2nc(C[C@H]3C[C@@H](C(F)(F)F)CNC3=O)c(C3CCOCC3)nc2n1)[C@H]1CCCC(F)(F)C1. The second kappa shape index (κ2) is 10.0. The smallest absolute Gasteiger partial charge is 0.381 e. The van der Waals surface area contributed by atoms with Gasteiger partial charge in [0, 0.05) is 50.9 Å². The Morgan fingerprint density at radius 1 is 1.22 bits per heavy atom. The van der Waals surface area contributed by atoms with Crippen LogP contribution in [0.4, 0.5) is 22.0 Å². The molecule has 2 aromatic rings. The van der Waals surface area contributed by atoms with Gasteiger partial charge in [0.05, 0.1) is 35.2 Å². The lowest BCUT2D eigenvalue weighted by atomic mass is 9.81. The molecule has 37 heavy (non-hydrogen) atoms. The Morgan fingerprint density at radius 2 is 1.97 bits per heavy atom. The number of hydrogen-bond acceptors (Lipinski definition) is 6. The van der Waals surface area contributed by atoms with Gasteiger partial charge < -0.3 is 15.8 Å². The number of nitrogens with one attached hydrogen (secondary N) is 1. The topological polar surface area (TPSA) is 107 Å². The summed E-state index contributed by atoms with van der Waals surface area (Å²) in [6.45, 7) is 0.592. The molecule has 0 aromatic carbocycles. The van der Waals surface area contributed by atoms with Gasteiger partial charge in [0.1, 0.15) is 0 Å². The van der Waals surface area contributed by atoms with E-state index in [4.69, 9.17) is 15.5 Å². The highest BCUT2D eigenvalue weighted by molar-refractivity contribution is 5.79. The van der Waals surface area contributed by atoms with Crippen molar-refractivity contribution < 1.29 is 31.5 Å². The Bertz CT molecular complexity index is 1130. The maximum Gasteiger partial charge on any atom is 0.393 e. The summed E-state index contributed by atoms with van der Waals surface area (Å²) in [4.78, 5) is 21.7. The zero-order valence-corrected chi connectivity index (χ0v) is 20.3. The molecule has 4 heterocycles. The minimum atomic E-state index is -4.41. The van der Waals surface area contributed by atoms with Crippen molar-refractivity contribution in [2.24, 2.45) is 23.5 Å². The van der Waals surface area contributed by atoms with Gasteiger partial charge in [-0.15, -0.1) is 0 Å². The van der Waals surface area contributed by atoms with E-state index < -0.39 is 48.3 Å². The second-order valence-electron chi connectivity index (χ2n) is 10.6. The van der Waals surface area contributed by atoms with E-state index in [1.54, 1.807) is 6.20 Å². The molecule has 1 saturated carbocycles. The van der Waals surface area contributed by atoms with Gasteiger partial charge in [-0.2, -0.15) is 18.3 Å². The zero-order chi connectivity index (χ0) is 26.4.